The number of fused-ring (bicyclic) bond motifs is 3. The van der Waals surface area contributed by atoms with E-state index in [1.807, 2.05) is 24.3 Å². The van der Waals surface area contributed by atoms with Crippen molar-refractivity contribution in [2.75, 3.05) is 11.9 Å². The van der Waals surface area contributed by atoms with Crippen molar-refractivity contribution in [3.8, 4) is 0 Å². The van der Waals surface area contributed by atoms with Crippen LogP contribution in [-0.4, -0.2) is 22.5 Å². The molecule has 0 saturated heterocycles. The fraction of sp³-hybridized carbons (Fsp3) is 0.211. The Morgan fingerprint density at radius 1 is 1.08 bits per heavy atom. The monoisotopic (exact) mass is 359 g/mol. The number of halogens is 3. The maximum atomic E-state index is 12.6. The molecule has 26 heavy (non-hydrogen) atoms. The Bertz CT molecular complexity index is 960. The van der Waals surface area contributed by atoms with E-state index in [1.165, 1.54) is 12.1 Å². The maximum absolute atomic E-state index is 12.6. The molecular formula is C19H16F3N3O. The van der Waals surface area contributed by atoms with Gasteiger partial charge in [0.1, 0.15) is 0 Å². The van der Waals surface area contributed by atoms with Crippen molar-refractivity contribution in [1.29, 1.82) is 0 Å². The quantitative estimate of drug-likeness (QED) is 0.646. The Kier molecular flexibility index (Phi) is 3.86. The van der Waals surface area contributed by atoms with Crippen LogP contribution in [-0.2, 0) is 19.1 Å². The minimum Gasteiger partial charge on any atom is -0.358 e. The van der Waals surface area contributed by atoms with Gasteiger partial charge < -0.3 is 15.2 Å². The summed E-state index contributed by atoms with van der Waals surface area (Å²) in [5.41, 5.74) is 2.87. The molecule has 2 aromatic carbocycles. The summed E-state index contributed by atoms with van der Waals surface area (Å²) in [6.45, 7) is 1.01. The Labute approximate surface area is 147 Å². The van der Waals surface area contributed by atoms with Gasteiger partial charge >= 0.3 is 12.2 Å². The molecule has 0 bridgehead atoms. The number of rotatable bonds is 1. The third-order valence-electron chi connectivity index (χ3n) is 4.63. The molecule has 0 spiro atoms. The Morgan fingerprint density at radius 2 is 1.81 bits per heavy atom. The lowest BCUT2D eigenvalue weighted by atomic mass is 10.0. The fourth-order valence-electron chi connectivity index (χ4n) is 3.28. The summed E-state index contributed by atoms with van der Waals surface area (Å²) < 4.78 is 37.8. The van der Waals surface area contributed by atoms with E-state index in [0.717, 1.165) is 34.3 Å². The third kappa shape index (κ3) is 3.00. The fourth-order valence-corrected chi connectivity index (χ4v) is 3.28. The van der Waals surface area contributed by atoms with Crippen LogP contribution in [0.1, 0.15) is 16.8 Å². The zero-order valence-corrected chi connectivity index (χ0v) is 13.7. The standard InChI is InChI=1S/C19H16F3N3O/c20-19(21,22)12-5-7-13(8-6-12)23-18(26)25-10-9-17-15(11-25)14-3-1-2-4-16(14)24-17/h1-8,24H,9-11H2,(H,23,26). The second-order valence-electron chi connectivity index (χ2n) is 6.30. The predicted octanol–water partition coefficient (Wildman–Crippen LogP) is 4.78. The zero-order chi connectivity index (χ0) is 18.3. The lowest BCUT2D eigenvalue weighted by Gasteiger charge is -2.27. The molecule has 0 fully saturated rings. The second-order valence-corrected chi connectivity index (χ2v) is 6.30. The number of anilines is 1. The smallest absolute Gasteiger partial charge is 0.358 e. The van der Waals surface area contributed by atoms with E-state index in [1.54, 1.807) is 4.90 Å². The molecule has 1 aliphatic rings. The number of H-pyrrole nitrogens is 1. The van der Waals surface area contributed by atoms with Gasteiger partial charge in [-0.3, -0.25) is 0 Å². The largest absolute Gasteiger partial charge is 0.416 e. The van der Waals surface area contributed by atoms with Gasteiger partial charge in [-0.2, -0.15) is 13.2 Å². The van der Waals surface area contributed by atoms with Gasteiger partial charge in [-0.1, -0.05) is 18.2 Å². The number of alkyl halides is 3. The van der Waals surface area contributed by atoms with Crippen molar-refractivity contribution in [3.63, 3.8) is 0 Å². The summed E-state index contributed by atoms with van der Waals surface area (Å²) >= 11 is 0. The molecule has 3 aromatic rings. The van der Waals surface area contributed by atoms with Crippen LogP contribution in [0.5, 0.6) is 0 Å². The minimum atomic E-state index is -4.39. The van der Waals surface area contributed by atoms with Gasteiger partial charge in [0.15, 0.2) is 0 Å². The second kappa shape index (κ2) is 6.09. The highest BCUT2D eigenvalue weighted by Gasteiger charge is 2.30. The highest BCUT2D eigenvalue weighted by Crippen LogP contribution is 2.30. The van der Waals surface area contributed by atoms with E-state index in [0.29, 0.717) is 25.2 Å². The number of hydrogen-bond acceptors (Lipinski definition) is 1. The summed E-state index contributed by atoms with van der Waals surface area (Å²) in [6.07, 6.45) is -3.68. The number of nitrogens with zero attached hydrogens (tertiary/aromatic N) is 1. The van der Waals surface area contributed by atoms with E-state index in [4.69, 9.17) is 0 Å². The molecule has 1 aromatic heterocycles. The normalized spacial score (nSPS) is 14.3. The van der Waals surface area contributed by atoms with Crippen LogP contribution in [0, 0.1) is 0 Å². The van der Waals surface area contributed by atoms with Crippen molar-refractivity contribution in [3.05, 3.63) is 65.4 Å². The number of aromatic amines is 1. The molecule has 7 heteroatoms. The van der Waals surface area contributed by atoms with Crippen LogP contribution < -0.4 is 5.32 Å². The number of urea groups is 1. The molecule has 0 radical (unpaired) electrons. The molecule has 1 aliphatic heterocycles. The first kappa shape index (κ1) is 16.5. The molecule has 2 amide bonds. The number of carbonyl (C=O) groups excluding carboxylic acids is 1. The number of amides is 2. The zero-order valence-electron chi connectivity index (χ0n) is 13.7. The van der Waals surface area contributed by atoms with Crippen molar-refractivity contribution in [2.24, 2.45) is 0 Å². The van der Waals surface area contributed by atoms with Gasteiger partial charge in [0.25, 0.3) is 0 Å². The van der Waals surface area contributed by atoms with Gasteiger partial charge in [-0.05, 0) is 30.3 Å². The highest BCUT2D eigenvalue weighted by atomic mass is 19.4. The van der Waals surface area contributed by atoms with Crippen LogP contribution in [0.2, 0.25) is 0 Å². The molecule has 0 atom stereocenters. The summed E-state index contributed by atoms with van der Waals surface area (Å²) in [5.74, 6) is 0. The molecule has 134 valence electrons. The molecule has 2 heterocycles. The number of benzene rings is 2. The molecule has 0 saturated carbocycles. The van der Waals surface area contributed by atoms with Crippen LogP contribution in [0.3, 0.4) is 0 Å². The van der Waals surface area contributed by atoms with Crippen molar-refractivity contribution in [1.82, 2.24) is 9.88 Å². The molecular weight excluding hydrogens is 343 g/mol. The first-order chi connectivity index (χ1) is 12.4. The van der Waals surface area contributed by atoms with E-state index in [-0.39, 0.29) is 6.03 Å². The third-order valence-corrected chi connectivity index (χ3v) is 4.63. The SMILES string of the molecule is O=C(Nc1ccc(C(F)(F)F)cc1)N1CCc2[nH]c3ccccc3c2C1. The van der Waals surface area contributed by atoms with Gasteiger partial charge in [0.2, 0.25) is 0 Å². The van der Waals surface area contributed by atoms with Crippen LogP contribution in [0.25, 0.3) is 10.9 Å². The van der Waals surface area contributed by atoms with Crippen molar-refractivity contribution in [2.45, 2.75) is 19.1 Å². The minimum absolute atomic E-state index is 0.319. The Morgan fingerprint density at radius 3 is 2.54 bits per heavy atom. The van der Waals surface area contributed by atoms with Gasteiger partial charge in [-0.15, -0.1) is 0 Å². The first-order valence-corrected chi connectivity index (χ1v) is 8.23. The molecule has 4 nitrogen and oxygen atoms in total. The van der Waals surface area contributed by atoms with Crippen molar-refractivity contribution >= 4 is 22.6 Å². The van der Waals surface area contributed by atoms with Gasteiger partial charge in [-0.25, -0.2) is 4.79 Å². The lowest BCUT2D eigenvalue weighted by Crippen LogP contribution is -2.38. The summed E-state index contributed by atoms with van der Waals surface area (Å²) in [7, 11) is 0. The van der Waals surface area contributed by atoms with Crippen LogP contribution in [0.4, 0.5) is 23.7 Å². The molecule has 4 rings (SSSR count). The maximum Gasteiger partial charge on any atom is 0.416 e. The topological polar surface area (TPSA) is 48.1 Å². The van der Waals surface area contributed by atoms with Crippen LogP contribution in [0.15, 0.2) is 48.5 Å². The summed E-state index contributed by atoms with van der Waals surface area (Å²) in [4.78, 5) is 17.5. The molecule has 0 aliphatic carbocycles. The van der Waals surface area contributed by atoms with Gasteiger partial charge in [0.05, 0.1) is 5.56 Å². The van der Waals surface area contributed by atoms with E-state index in [9.17, 15) is 18.0 Å². The summed E-state index contributed by atoms with van der Waals surface area (Å²) in [6, 6.07) is 12.1. The summed E-state index contributed by atoms with van der Waals surface area (Å²) in [5, 5.41) is 3.76. The highest BCUT2D eigenvalue weighted by molar-refractivity contribution is 5.91. The van der Waals surface area contributed by atoms with Crippen molar-refractivity contribution < 1.29 is 18.0 Å². The van der Waals surface area contributed by atoms with Gasteiger partial charge in [0, 0.05) is 47.4 Å². The number of hydrogen-bond donors (Lipinski definition) is 2. The van der Waals surface area contributed by atoms with E-state index < -0.39 is 11.7 Å². The Balaban J connectivity index is 1.49. The van der Waals surface area contributed by atoms with E-state index >= 15 is 0 Å². The van der Waals surface area contributed by atoms with Crippen LogP contribution >= 0.6 is 0 Å². The first-order valence-electron chi connectivity index (χ1n) is 8.23. The number of para-hydroxylation sites is 1. The number of nitrogens with one attached hydrogen (secondary N) is 2. The van der Waals surface area contributed by atoms with E-state index in [2.05, 4.69) is 10.3 Å². The molecule has 2 N–H and O–H groups in total. The predicted molar refractivity (Wildman–Crippen MR) is 92.9 cm³/mol. The average molecular weight is 359 g/mol. The lowest BCUT2D eigenvalue weighted by molar-refractivity contribution is -0.137. The number of aromatic nitrogens is 1. The Hall–Kier alpha value is -2.96. The molecule has 0 unspecified atom stereocenters. The number of carbonyl (C=O) groups is 1. The average Bonchev–Trinajstić information content (AvgIpc) is 2.99.